The van der Waals surface area contributed by atoms with E-state index < -0.39 is 16.0 Å². The average molecular weight is 385 g/mol. The van der Waals surface area contributed by atoms with Crippen molar-refractivity contribution in [2.75, 3.05) is 19.5 Å². The third-order valence-electron chi connectivity index (χ3n) is 3.72. The van der Waals surface area contributed by atoms with Gasteiger partial charge >= 0.3 is 5.97 Å². The van der Waals surface area contributed by atoms with Crippen LogP contribution in [0.5, 0.6) is 0 Å². The molecular weight excluding hydrogens is 366 g/mol. The molecule has 0 heterocycles. The summed E-state index contributed by atoms with van der Waals surface area (Å²) >= 11 is 0. The highest BCUT2D eigenvalue weighted by Crippen LogP contribution is 2.19. The number of nitriles is 1. The number of benzene rings is 2. The number of hydrogen-bond donors (Lipinski definition) is 1. The molecule has 140 valence electrons. The predicted molar refractivity (Wildman–Crippen MR) is 101 cm³/mol. The number of methoxy groups -OCH3 is 1. The van der Waals surface area contributed by atoms with Gasteiger partial charge in [-0.25, -0.2) is 13.2 Å². The Morgan fingerprint density at radius 3 is 2.37 bits per heavy atom. The van der Waals surface area contributed by atoms with Crippen molar-refractivity contribution in [1.82, 2.24) is 4.31 Å². The smallest absolute Gasteiger partial charge is 0.350 e. The van der Waals surface area contributed by atoms with Crippen molar-refractivity contribution in [3.8, 4) is 6.07 Å². The van der Waals surface area contributed by atoms with Crippen molar-refractivity contribution in [2.24, 2.45) is 0 Å². The van der Waals surface area contributed by atoms with Gasteiger partial charge in [0, 0.05) is 25.5 Å². The summed E-state index contributed by atoms with van der Waals surface area (Å²) in [6.45, 7) is 0.260. The van der Waals surface area contributed by atoms with Crippen LogP contribution >= 0.6 is 0 Å². The van der Waals surface area contributed by atoms with Gasteiger partial charge in [-0.3, -0.25) is 0 Å². The van der Waals surface area contributed by atoms with Crippen molar-refractivity contribution in [3.05, 3.63) is 71.9 Å². The largest absolute Gasteiger partial charge is 0.465 e. The van der Waals surface area contributed by atoms with E-state index in [1.165, 1.54) is 36.8 Å². The zero-order valence-corrected chi connectivity index (χ0v) is 15.7. The second-order valence-electron chi connectivity index (χ2n) is 5.58. The molecule has 27 heavy (non-hydrogen) atoms. The first-order valence-electron chi connectivity index (χ1n) is 7.94. The Hall–Kier alpha value is -3.15. The van der Waals surface area contributed by atoms with E-state index in [2.05, 4.69) is 10.1 Å². The molecule has 0 aromatic heterocycles. The van der Waals surface area contributed by atoms with Gasteiger partial charge in [-0.15, -0.1) is 0 Å². The van der Waals surface area contributed by atoms with Crippen LogP contribution in [0.3, 0.4) is 0 Å². The van der Waals surface area contributed by atoms with Gasteiger partial charge in [0.2, 0.25) is 10.0 Å². The second kappa shape index (κ2) is 8.98. The number of esters is 1. The minimum Gasteiger partial charge on any atom is -0.465 e. The van der Waals surface area contributed by atoms with Crippen LogP contribution in [0.4, 0.5) is 5.69 Å². The van der Waals surface area contributed by atoms with Crippen LogP contribution in [0, 0.1) is 11.3 Å². The van der Waals surface area contributed by atoms with Gasteiger partial charge in [-0.1, -0.05) is 30.3 Å². The van der Waals surface area contributed by atoms with E-state index >= 15 is 0 Å². The summed E-state index contributed by atoms with van der Waals surface area (Å²) in [4.78, 5) is 11.5. The van der Waals surface area contributed by atoms with Crippen molar-refractivity contribution >= 4 is 21.7 Å². The Morgan fingerprint density at radius 2 is 1.81 bits per heavy atom. The molecule has 0 spiro atoms. The van der Waals surface area contributed by atoms with Crippen molar-refractivity contribution < 1.29 is 17.9 Å². The Bertz CT molecular complexity index is 962. The van der Waals surface area contributed by atoms with Crippen LogP contribution < -0.4 is 5.32 Å². The van der Waals surface area contributed by atoms with Gasteiger partial charge in [0.05, 0.1) is 12.0 Å². The van der Waals surface area contributed by atoms with Gasteiger partial charge in [0.15, 0.2) is 5.57 Å². The fourth-order valence-corrected chi connectivity index (χ4v) is 3.39. The lowest BCUT2D eigenvalue weighted by Gasteiger charge is -2.17. The molecule has 0 aliphatic heterocycles. The molecule has 8 heteroatoms. The van der Waals surface area contributed by atoms with Gasteiger partial charge in [0.1, 0.15) is 6.07 Å². The van der Waals surface area contributed by atoms with Crippen LogP contribution in [0.1, 0.15) is 5.56 Å². The first-order valence-corrected chi connectivity index (χ1v) is 9.38. The lowest BCUT2D eigenvalue weighted by atomic mass is 10.2. The third-order valence-corrected chi connectivity index (χ3v) is 5.54. The quantitative estimate of drug-likeness (QED) is 0.447. The van der Waals surface area contributed by atoms with Gasteiger partial charge in [-0.05, 0) is 29.8 Å². The molecular formula is C19H19N3O4S. The van der Waals surface area contributed by atoms with Crippen LogP contribution in [0.25, 0.3) is 0 Å². The number of carbonyl (C=O) groups excluding carboxylic acids is 1. The SMILES string of the molecule is COC(=O)/C(C#N)=C/Nc1ccc(S(=O)(=O)N(C)Cc2ccccc2)cc1. The number of hydrogen-bond acceptors (Lipinski definition) is 6. The number of rotatable bonds is 7. The van der Waals surface area contributed by atoms with E-state index in [0.717, 1.165) is 5.56 Å². The zero-order valence-electron chi connectivity index (χ0n) is 14.9. The first kappa shape index (κ1) is 20.2. The molecule has 2 aromatic carbocycles. The predicted octanol–water partition coefficient (Wildman–Crippen LogP) is 2.50. The molecule has 2 rings (SSSR count). The van der Waals surface area contributed by atoms with E-state index in [1.54, 1.807) is 18.2 Å². The van der Waals surface area contributed by atoms with E-state index in [9.17, 15) is 13.2 Å². The summed E-state index contributed by atoms with van der Waals surface area (Å²) in [6.07, 6.45) is 1.21. The number of ether oxygens (including phenoxy) is 1. The fraction of sp³-hybridized carbons (Fsp3) is 0.158. The molecule has 0 atom stereocenters. The highest BCUT2D eigenvalue weighted by Gasteiger charge is 2.20. The highest BCUT2D eigenvalue weighted by molar-refractivity contribution is 7.89. The molecule has 0 fully saturated rings. The lowest BCUT2D eigenvalue weighted by Crippen LogP contribution is -2.26. The van der Waals surface area contributed by atoms with Crippen molar-refractivity contribution in [1.29, 1.82) is 5.26 Å². The molecule has 0 saturated heterocycles. The molecule has 0 unspecified atom stereocenters. The van der Waals surface area contributed by atoms with Gasteiger partial charge in [-0.2, -0.15) is 9.57 Å². The van der Waals surface area contributed by atoms with Crippen LogP contribution in [0.2, 0.25) is 0 Å². The number of sulfonamides is 1. The monoisotopic (exact) mass is 385 g/mol. The van der Waals surface area contributed by atoms with Crippen molar-refractivity contribution in [2.45, 2.75) is 11.4 Å². The maximum Gasteiger partial charge on any atom is 0.350 e. The zero-order chi connectivity index (χ0) is 19.9. The lowest BCUT2D eigenvalue weighted by molar-refractivity contribution is -0.135. The van der Waals surface area contributed by atoms with E-state index in [0.29, 0.717) is 5.69 Å². The minimum absolute atomic E-state index is 0.143. The van der Waals surface area contributed by atoms with Crippen molar-refractivity contribution in [3.63, 3.8) is 0 Å². The van der Waals surface area contributed by atoms with E-state index in [1.807, 2.05) is 30.3 Å². The summed E-state index contributed by atoms with van der Waals surface area (Å²) in [5.41, 5.74) is 1.21. The fourth-order valence-electron chi connectivity index (χ4n) is 2.23. The van der Waals surface area contributed by atoms with E-state index in [4.69, 9.17) is 5.26 Å². The molecule has 0 amide bonds. The second-order valence-corrected chi connectivity index (χ2v) is 7.62. The summed E-state index contributed by atoms with van der Waals surface area (Å²) < 4.78 is 31.1. The Balaban J connectivity index is 2.12. The Labute approximate surface area is 158 Å². The van der Waals surface area contributed by atoms with Crippen LogP contribution in [-0.2, 0) is 26.1 Å². The standard InChI is InChI=1S/C19H19N3O4S/c1-22(14-15-6-4-3-5-7-15)27(24,25)18-10-8-17(9-11-18)21-13-16(12-20)19(23)26-2/h3-11,13,21H,14H2,1-2H3/b16-13+. The van der Waals surface area contributed by atoms with Crippen LogP contribution in [-0.4, -0.2) is 32.8 Å². The number of anilines is 1. The number of nitrogens with zero attached hydrogens (tertiary/aromatic N) is 2. The van der Waals surface area contributed by atoms with Gasteiger partial charge < -0.3 is 10.1 Å². The molecule has 0 saturated carbocycles. The van der Waals surface area contributed by atoms with Crippen LogP contribution in [0.15, 0.2) is 71.3 Å². The number of carbonyl (C=O) groups is 1. The average Bonchev–Trinajstić information content (AvgIpc) is 2.69. The maximum atomic E-state index is 12.7. The molecule has 0 aliphatic carbocycles. The molecule has 0 radical (unpaired) electrons. The summed E-state index contributed by atoms with van der Waals surface area (Å²) in [7, 11) is -0.943. The first-order chi connectivity index (χ1) is 12.9. The molecule has 7 nitrogen and oxygen atoms in total. The topological polar surface area (TPSA) is 99.5 Å². The maximum absolute atomic E-state index is 12.7. The molecule has 1 N–H and O–H groups in total. The normalized spacial score (nSPS) is 11.7. The summed E-state index contributed by atoms with van der Waals surface area (Å²) in [5, 5.41) is 11.7. The highest BCUT2D eigenvalue weighted by atomic mass is 32.2. The Morgan fingerprint density at radius 1 is 1.19 bits per heavy atom. The summed E-state index contributed by atoms with van der Waals surface area (Å²) in [6, 6.07) is 17.0. The molecule has 2 aromatic rings. The third kappa shape index (κ3) is 5.17. The number of nitrogens with one attached hydrogen (secondary N) is 1. The minimum atomic E-state index is -3.64. The van der Waals surface area contributed by atoms with Gasteiger partial charge in [0.25, 0.3) is 0 Å². The van der Waals surface area contributed by atoms with E-state index in [-0.39, 0.29) is 17.0 Å². The summed E-state index contributed by atoms with van der Waals surface area (Å²) in [5.74, 6) is -0.758. The Kier molecular flexibility index (Phi) is 6.71. The molecule has 0 aliphatic rings. The molecule has 0 bridgehead atoms.